The Hall–Kier alpha value is -1.32. The van der Waals surface area contributed by atoms with Crippen LogP contribution in [0.2, 0.25) is 0 Å². The number of carboxylic acids is 1. The SMILES string of the molecule is O=C(O)C1CCCC1C(=O)N1CC=CCC1. The molecule has 1 N–H and O–H groups in total. The fraction of sp³-hybridized carbons (Fsp3) is 0.667. The first-order valence-electron chi connectivity index (χ1n) is 5.86. The largest absolute Gasteiger partial charge is 0.481 e. The van der Waals surface area contributed by atoms with E-state index in [1.54, 1.807) is 4.90 Å². The van der Waals surface area contributed by atoms with Crippen LogP contribution in [0.3, 0.4) is 0 Å². The van der Waals surface area contributed by atoms with Gasteiger partial charge in [-0.1, -0.05) is 18.6 Å². The summed E-state index contributed by atoms with van der Waals surface area (Å²) in [6.07, 6.45) is 7.16. The number of carboxylic acid groups (broad SMARTS) is 1. The summed E-state index contributed by atoms with van der Waals surface area (Å²) in [5.41, 5.74) is 0. The topological polar surface area (TPSA) is 57.6 Å². The number of carbonyl (C=O) groups excluding carboxylic acids is 1. The van der Waals surface area contributed by atoms with Gasteiger partial charge in [-0.05, 0) is 19.3 Å². The molecule has 4 nitrogen and oxygen atoms in total. The van der Waals surface area contributed by atoms with Crippen molar-refractivity contribution in [1.29, 1.82) is 0 Å². The van der Waals surface area contributed by atoms with E-state index in [0.29, 0.717) is 13.0 Å². The van der Waals surface area contributed by atoms with Gasteiger partial charge < -0.3 is 10.0 Å². The zero-order chi connectivity index (χ0) is 11.5. The second kappa shape index (κ2) is 4.68. The van der Waals surface area contributed by atoms with E-state index in [4.69, 9.17) is 5.11 Å². The van der Waals surface area contributed by atoms with E-state index in [9.17, 15) is 9.59 Å². The average molecular weight is 223 g/mol. The third-order valence-corrected chi connectivity index (χ3v) is 3.52. The molecular formula is C12H17NO3. The summed E-state index contributed by atoms with van der Waals surface area (Å²) in [4.78, 5) is 24.9. The molecule has 1 aliphatic carbocycles. The van der Waals surface area contributed by atoms with Crippen LogP contribution in [-0.4, -0.2) is 35.0 Å². The van der Waals surface area contributed by atoms with Crippen molar-refractivity contribution >= 4 is 11.9 Å². The van der Waals surface area contributed by atoms with Crippen LogP contribution in [-0.2, 0) is 9.59 Å². The normalized spacial score (nSPS) is 29.4. The van der Waals surface area contributed by atoms with Crippen molar-refractivity contribution in [1.82, 2.24) is 4.90 Å². The molecule has 2 atom stereocenters. The highest BCUT2D eigenvalue weighted by molar-refractivity contribution is 5.85. The van der Waals surface area contributed by atoms with E-state index >= 15 is 0 Å². The molecule has 1 heterocycles. The first kappa shape index (κ1) is 11.2. The summed E-state index contributed by atoms with van der Waals surface area (Å²) < 4.78 is 0. The van der Waals surface area contributed by atoms with E-state index in [1.165, 1.54) is 0 Å². The van der Waals surface area contributed by atoms with E-state index in [-0.39, 0.29) is 11.8 Å². The molecule has 2 unspecified atom stereocenters. The highest BCUT2D eigenvalue weighted by Gasteiger charge is 2.39. The van der Waals surface area contributed by atoms with Gasteiger partial charge in [0.15, 0.2) is 0 Å². The minimum atomic E-state index is -0.816. The summed E-state index contributed by atoms with van der Waals surface area (Å²) >= 11 is 0. The van der Waals surface area contributed by atoms with Crippen molar-refractivity contribution in [3.05, 3.63) is 12.2 Å². The Labute approximate surface area is 94.9 Å². The number of aliphatic carboxylic acids is 1. The summed E-state index contributed by atoms with van der Waals surface area (Å²) in [6.45, 7) is 1.37. The van der Waals surface area contributed by atoms with Crippen molar-refractivity contribution in [2.45, 2.75) is 25.7 Å². The molecule has 0 aromatic carbocycles. The Kier molecular flexibility index (Phi) is 3.27. The van der Waals surface area contributed by atoms with Gasteiger partial charge in [0.25, 0.3) is 0 Å². The molecule has 88 valence electrons. The monoisotopic (exact) mass is 223 g/mol. The van der Waals surface area contributed by atoms with Gasteiger partial charge in [-0.3, -0.25) is 9.59 Å². The van der Waals surface area contributed by atoms with Gasteiger partial charge in [-0.25, -0.2) is 0 Å². The van der Waals surface area contributed by atoms with Gasteiger partial charge in [0, 0.05) is 13.1 Å². The lowest BCUT2D eigenvalue weighted by Gasteiger charge is -2.27. The smallest absolute Gasteiger partial charge is 0.307 e. The van der Waals surface area contributed by atoms with Crippen molar-refractivity contribution < 1.29 is 14.7 Å². The molecule has 0 radical (unpaired) electrons. The zero-order valence-electron chi connectivity index (χ0n) is 9.26. The maximum atomic E-state index is 12.1. The number of amides is 1. The predicted molar refractivity (Wildman–Crippen MR) is 58.8 cm³/mol. The van der Waals surface area contributed by atoms with E-state index in [2.05, 4.69) is 6.08 Å². The quantitative estimate of drug-likeness (QED) is 0.717. The lowest BCUT2D eigenvalue weighted by atomic mass is 9.94. The molecule has 1 amide bonds. The molecule has 0 aromatic rings. The predicted octanol–water partition coefficient (Wildman–Crippen LogP) is 1.28. The third-order valence-electron chi connectivity index (χ3n) is 3.52. The Morgan fingerprint density at radius 3 is 2.56 bits per heavy atom. The molecule has 1 aliphatic heterocycles. The van der Waals surface area contributed by atoms with Crippen LogP contribution in [0.1, 0.15) is 25.7 Å². The van der Waals surface area contributed by atoms with E-state index in [0.717, 1.165) is 25.8 Å². The molecular weight excluding hydrogens is 206 g/mol. The highest BCUT2D eigenvalue weighted by Crippen LogP contribution is 2.33. The van der Waals surface area contributed by atoms with Crippen molar-refractivity contribution in [2.24, 2.45) is 11.8 Å². The maximum Gasteiger partial charge on any atom is 0.307 e. The van der Waals surface area contributed by atoms with Crippen molar-refractivity contribution in [2.75, 3.05) is 13.1 Å². The van der Waals surface area contributed by atoms with Crippen molar-refractivity contribution in [3.63, 3.8) is 0 Å². The summed E-state index contributed by atoms with van der Waals surface area (Å²) in [5, 5.41) is 9.05. The standard InChI is InChI=1S/C12H17NO3/c14-11(13-7-2-1-3-8-13)9-5-4-6-10(9)12(15)16/h1-2,9-10H,3-8H2,(H,15,16). The first-order valence-corrected chi connectivity index (χ1v) is 5.86. The molecule has 0 bridgehead atoms. The number of hydrogen-bond donors (Lipinski definition) is 1. The van der Waals surface area contributed by atoms with E-state index in [1.807, 2.05) is 6.08 Å². The molecule has 0 spiro atoms. The molecule has 1 fully saturated rings. The first-order chi connectivity index (χ1) is 7.70. The summed E-state index contributed by atoms with van der Waals surface area (Å²) in [5.74, 6) is -1.53. The summed E-state index contributed by atoms with van der Waals surface area (Å²) in [7, 11) is 0. The van der Waals surface area contributed by atoms with Gasteiger partial charge in [-0.15, -0.1) is 0 Å². The minimum Gasteiger partial charge on any atom is -0.481 e. The minimum absolute atomic E-state index is 0.0363. The number of nitrogens with zero attached hydrogens (tertiary/aromatic N) is 1. The maximum absolute atomic E-state index is 12.1. The van der Waals surface area contributed by atoms with Crippen LogP contribution in [0.4, 0.5) is 0 Å². The third kappa shape index (κ3) is 2.10. The lowest BCUT2D eigenvalue weighted by Crippen LogP contribution is -2.40. The molecule has 2 rings (SSSR count). The highest BCUT2D eigenvalue weighted by atomic mass is 16.4. The zero-order valence-corrected chi connectivity index (χ0v) is 9.26. The average Bonchev–Trinajstić information content (AvgIpc) is 2.78. The van der Waals surface area contributed by atoms with Crippen LogP contribution < -0.4 is 0 Å². The summed E-state index contributed by atoms with van der Waals surface area (Å²) in [6, 6.07) is 0. The number of rotatable bonds is 2. The van der Waals surface area contributed by atoms with Crippen LogP contribution in [0, 0.1) is 11.8 Å². The van der Waals surface area contributed by atoms with Gasteiger partial charge in [0.1, 0.15) is 0 Å². The second-order valence-electron chi connectivity index (χ2n) is 4.53. The van der Waals surface area contributed by atoms with Gasteiger partial charge >= 0.3 is 5.97 Å². The fourth-order valence-corrected chi connectivity index (χ4v) is 2.63. The van der Waals surface area contributed by atoms with Crippen LogP contribution in [0.15, 0.2) is 12.2 Å². The van der Waals surface area contributed by atoms with Crippen molar-refractivity contribution in [3.8, 4) is 0 Å². The van der Waals surface area contributed by atoms with E-state index < -0.39 is 11.9 Å². The molecule has 4 heteroatoms. The van der Waals surface area contributed by atoms with Gasteiger partial charge in [0.05, 0.1) is 11.8 Å². The lowest BCUT2D eigenvalue weighted by molar-refractivity contribution is -0.149. The molecule has 0 saturated heterocycles. The van der Waals surface area contributed by atoms with Gasteiger partial charge in [-0.2, -0.15) is 0 Å². The van der Waals surface area contributed by atoms with Crippen LogP contribution >= 0.6 is 0 Å². The molecule has 2 aliphatic rings. The Balaban J connectivity index is 2.03. The Morgan fingerprint density at radius 1 is 1.19 bits per heavy atom. The fourth-order valence-electron chi connectivity index (χ4n) is 2.63. The second-order valence-corrected chi connectivity index (χ2v) is 4.53. The molecule has 1 saturated carbocycles. The number of carbonyl (C=O) groups is 2. The molecule has 0 aromatic heterocycles. The molecule has 16 heavy (non-hydrogen) atoms. The number of hydrogen-bond acceptors (Lipinski definition) is 2. The van der Waals surface area contributed by atoms with Crippen LogP contribution in [0.25, 0.3) is 0 Å². The Bertz CT molecular complexity index is 324. The van der Waals surface area contributed by atoms with Crippen LogP contribution in [0.5, 0.6) is 0 Å². The van der Waals surface area contributed by atoms with Gasteiger partial charge in [0.2, 0.25) is 5.91 Å². The Morgan fingerprint density at radius 2 is 1.94 bits per heavy atom.